The third-order valence-corrected chi connectivity index (χ3v) is 3.50. The lowest BCUT2D eigenvalue weighted by molar-refractivity contribution is 0.417. The monoisotopic (exact) mass is 260 g/mol. The fourth-order valence-corrected chi connectivity index (χ4v) is 2.41. The molecule has 0 aliphatic heterocycles. The Morgan fingerprint density at radius 2 is 2.11 bits per heavy atom. The van der Waals surface area contributed by atoms with E-state index in [1.165, 1.54) is 0 Å². The van der Waals surface area contributed by atoms with Gasteiger partial charge in [0.25, 0.3) is 5.56 Å². The molecule has 0 bridgehead atoms. The Balaban J connectivity index is 2.76. The van der Waals surface area contributed by atoms with Gasteiger partial charge in [-0.2, -0.15) is 0 Å². The van der Waals surface area contributed by atoms with Crippen LogP contribution in [0.4, 0.5) is 0 Å². The van der Waals surface area contributed by atoms with Crippen LogP contribution in [0.2, 0.25) is 0 Å². The molecule has 1 heterocycles. The fraction of sp³-hybridized carbons (Fsp3) is 0.400. The molecular weight excluding hydrogens is 240 g/mol. The number of hydrogen-bond acceptors (Lipinski definition) is 3. The van der Waals surface area contributed by atoms with Gasteiger partial charge in [-0.15, -0.1) is 0 Å². The first-order valence-electron chi connectivity index (χ1n) is 6.46. The lowest BCUT2D eigenvalue weighted by atomic mass is 10.0. The summed E-state index contributed by atoms with van der Waals surface area (Å²) in [6, 6.07) is 5.89. The minimum atomic E-state index is 0.0323. The molecule has 2 rings (SSSR count). The number of benzene rings is 1. The van der Waals surface area contributed by atoms with Crippen LogP contribution in [0.25, 0.3) is 10.9 Å². The maximum atomic E-state index is 12.3. The molecule has 4 heteroatoms. The zero-order valence-corrected chi connectivity index (χ0v) is 11.7. The zero-order valence-electron chi connectivity index (χ0n) is 11.7. The van der Waals surface area contributed by atoms with Gasteiger partial charge in [-0.3, -0.25) is 4.79 Å². The lowest BCUT2D eigenvalue weighted by Gasteiger charge is -2.13. The Bertz CT molecular complexity index is 659. The first-order valence-corrected chi connectivity index (χ1v) is 6.46. The largest absolute Gasteiger partial charge is 0.495 e. The van der Waals surface area contributed by atoms with Crippen molar-refractivity contribution in [1.82, 2.24) is 4.57 Å². The molecule has 0 aliphatic rings. The first kappa shape index (κ1) is 13.6. The molecule has 0 saturated heterocycles. The van der Waals surface area contributed by atoms with Crippen molar-refractivity contribution in [2.24, 2.45) is 12.8 Å². The highest BCUT2D eigenvalue weighted by molar-refractivity contribution is 5.88. The number of aryl methyl sites for hydroxylation is 3. The van der Waals surface area contributed by atoms with Crippen molar-refractivity contribution in [3.63, 3.8) is 0 Å². The molecule has 1 aromatic carbocycles. The van der Waals surface area contributed by atoms with Gasteiger partial charge in [-0.1, -0.05) is 6.07 Å². The lowest BCUT2D eigenvalue weighted by Crippen LogP contribution is -2.22. The fourth-order valence-electron chi connectivity index (χ4n) is 2.41. The summed E-state index contributed by atoms with van der Waals surface area (Å²) in [5.74, 6) is 0.727. The zero-order chi connectivity index (χ0) is 14.0. The molecule has 0 unspecified atom stereocenters. The second-order valence-corrected chi connectivity index (χ2v) is 4.77. The number of pyridine rings is 1. The maximum absolute atomic E-state index is 12.3. The maximum Gasteiger partial charge on any atom is 0.254 e. The van der Waals surface area contributed by atoms with Gasteiger partial charge in [0.15, 0.2) is 0 Å². The number of ether oxygens (including phenoxy) is 1. The molecule has 2 N–H and O–H groups in total. The van der Waals surface area contributed by atoms with Crippen molar-refractivity contribution in [1.29, 1.82) is 0 Å². The number of nitrogens with zero attached hydrogens (tertiary/aromatic N) is 1. The van der Waals surface area contributed by atoms with Gasteiger partial charge in [0, 0.05) is 18.0 Å². The van der Waals surface area contributed by atoms with Crippen LogP contribution in [-0.4, -0.2) is 18.2 Å². The standard InChI is InChI=1S/C15H20N2O2/c1-10-6-7-13(19-3)14-12(10)9-11(5-4-8-16)15(18)17(14)2/h6-7,9H,4-5,8,16H2,1-3H3. The number of hydrogen-bond donors (Lipinski definition) is 1. The number of nitrogens with two attached hydrogens (primary N) is 1. The number of fused-ring (bicyclic) bond motifs is 1. The van der Waals surface area contributed by atoms with Gasteiger partial charge in [-0.05, 0) is 44.0 Å². The molecule has 0 spiro atoms. The second kappa shape index (κ2) is 5.45. The normalized spacial score (nSPS) is 10.9. The van der Waals surface area contributed by atoms with Gasteiger partial charge in [0.05, 0.1) is 12.6 Å². The molecule has 19 heavy (non-hydrogen) atoms. The summed E-state index contributed by atoms with van der Waals surface area (Å²) >= 11 is 0. The van der Waals surface area contributed by atoms with Crippen molar-refractivity contribution in [3.8, 4) is 5.75 Å². The molecule has 0 saturated carbocycles. The minimum absolute atomic E-state index is 0.0323. The summed E-state index contributed by atoms with van der Waals surface area (Å²) in [6.45, 7) is 2.64. The minimum Gasteiger partial charge on any atom is -0.495 e. The van der Waals surface area contributed by atoms with E-state index in [0.717, 1.165) is 40.6 Å². The van der Waals surface area contributed by atoms with Crippen molar-refractivity contribution in [2.45, 2.75) is 19.8 Å². The molecular formula is C15H20N2O2. The highest BCUT2D eigenvalue weighted by atomic mass is 16.5. The Morgan fingerprint density at radius 1 is 1.37 bits per heavy atom. The molecule has 1 aromatic heterocycles. The van der Waals surface area contributed by atoms with Crippen molar-refractivity contribution < 1.29 is 4.74 Å². The molecule has 0 radical (unpaired) electrons. The summed E-state index contributed by atoms with van der Waals surface area (Å²) in [4.78, 5) is 12.3. The van der Waals surface area contributed by atoms with E-state index in [1.54, 1.807) is 18.7 Å². The van der Waals surface area contributed by atoms with Crippen LogP contribution in [0.3, 0.4) is 0 Å². The van der Waals surface area contributed by atoms with E-state index in [1.807, 2.05) is 25.1 Å². The summed E-state index contributed by atoms with van der Waals surface area (Å²) in [5, 5.41) is 1.06. The molecule has 4 nitrogen and oxygen atoms in total. The molecule has 0 aliphatic carbocycles. The van der Waals surface area contributed by atoms with Gasteiger partial charge in [0.2, 0.25) is 0 Å². The Morgan fingerprint density at radius 3 is 2.74 bits per heavy atom. The predicted molar refractivity (Wildman–Crippen MR) is 77.9 cm³/mol. The van der Waals surface area contributed by atoms with Crippen LogP contribution in [0.5, 0.6) is 5.75 Å². The Kier molecular flexibility index (Phi) is 3.90. The SMILES string of the molecule is COc1ccc(C)c2cc(CCCN)c(=O)n(C)c12. The quantitative estimate of drug-likeness (QED) is 0.911. The van der Waals surface area contributed by atoms with E-state index in [2.05, 4.69) is 0 Å². The highest BCUT2D eigenvalue weighted by Crippen LogP contribution is 2.27. The van der Waals surface area contributed by atoms with E-state index in [0.29, 0.717) is 6.54 Å². The van der Waals surface area contributed by atoms with E-state index in [4.69, 9.17) is 10.5 Å². The third kappa shape index (κ3) is 2.36. The predicted octanol–water partition coefficient (Wildman–Crippen LogP) is 1.75. The van der Waals surface area contributed by atoms with Gasteiger partial charge in [0.1, 0.15) is 5.75 Å². The molecule has 2 aromatic rings. The van der Waals surface area contributed by atoms with Crippen LogP contribution in [0, 0.1) is 6.92 Å². The number of methoxy groups -OCH3 is 1. The van der Waals surface area contributed by atoms with E-state index < -0.39 is 0 Å². The van der Waals surface area contributed by atoms with Gasteiger partial charge in [-0.25, -0.2) is 0 Å². The van der Waals surface area contributed by atoms with Crippen LogP contribution in [0.15, 0.2) is 23.0 Å². The van der Waals surface area contributed by atoms with Gasteiger partial charge >= 0.3 is 0 Å². The number of aromatic nitrogens is 1. The second-order valence-electron chi connectivity index (χ2n) is 4.77. The van der Waals surface area contributed by atoms with Crippen molar-refractivity contribution >= 4 is 10.9 Å². The van der Waals surface area contributed by atoms with Crippen LogP contribution < -0.4 is 16.0 Å². The Labute approximate surface area is 112 Å². The van der Waals surface area contributed by atoms with E-state index in [-0.39, 0.29) is 5.56 Å². The van der Waals surface area contributed by atoms with Crippen LogP contribution >= 0.6 is 0 Å². The summed E-state index contributed by atoms with van der Waals surface area (Å²) in [7, 11) is 3.41. The van der Waals surface area contributed by atoms with E-state index in [9.17, 15) is 4.79 Å². The molecule has 0 fully saturated rings. The third-order valence-electron chi connectivity index (χ3n) is 3.50. The smallest absolute Gasteiger partial charge is 0.254 e. The summed E-state index contributed by atoms with van der Waals surface area (Å²) < 4.78 is 7.03. The van der Waals surface area contributed by atoms with E-state index >= 15 is 0 Å². The van der Waals surface area contributed by atoms with Crippen molar-refractivity contribution in [3.05, 3.63) is 39.7 Å². The topological polar surface area (TPSA) is 57.2 Å². The first-order chi connectivity index (χ1) is 9.10. The van der Waals surface area contributed by atoms with Crippen LogP contribution in [-0.2, 0) is 13.5 Å². The molecule has 0 amide bonds. The summed E-state index contributed by atoms with van der Waals surface area (Å²) in [6.07, 6.45) is 1.54. The molecule has 0 atom stereocenters. The van der Waals surface area contributed by atoms with Crippen LogP contribution in [0.1, 0.15) is 17.5 Å². The molecule has 102 valence electrons. The average molecular weight is 260 g/mol. The summed E-state index contributed by atoms with van der Waals surface area (Å²) in [5.41, 5.74) is 8.36. The van der Waals surface area contributed by atoms with Gasteiger partial charge < -0.3 is 15.0 Å². The number of rotatable bonds is 4. The average Bonchev–Trinajstić information content (AvgIpc) is 2.42. The highest BCUT2D eigenvalue weighted by Gasteiger charge is 2.12. The Hall–Kier alpha value is -1.81. The van der Waals surface area contributed by atoms with Crippen molar-refractivity contribution in [2.75, 3.05) is 13.7 Å².